The summed E-state index contributed by atoms with van der Waals surface area (Å²) in [4.78, 5) is 28.3. The van der Waals surface area contributed by atoms with Gasteiger partial charge in [-0.15, -0.1) is 23.1 Å². The van der Waals surface area contributed by atoms with E-state index in [1.54, 1.807) is 11.3 Å². The van der Waals surface area contributed by atoms with Crippen molar-refractivity contribution in [3.63, 3.8) is 0 Å². The zero-order valence-corrected chi connectivity index (χ0v) is 12.5. The summed E-state index contributed by atoms with van der Waals surface area (Å²) in [6, 6.07) is 3.46. The van der Waals surface area contributed by atoms with Crippen molar-refractivity contribution < 1.29 is 14.7 Å². The van der Waals surface area contributed by atoms with Gasteiger partial charge in [-0.05, 0) is 24.3 Å². The van der Waals surface area contributed by atoms with Gasteiger partial charge >= 0.3 is 12.0 Å². The Kier molecular flexibility index (Phi) is 3.89. The molecule has 2 amide bonds. The fourth-order valence-corrected chi connectivity index (χ4v) is 4.15. The molecule has 1 aliphatic carbocycles. The molecular weight excluding hydrogens is 296 g/mol. The highest BCUT2D eigenvalue weighted by Crippen LogP contribution is 2.32. The van der Waals surface area contributed by atoms with Crippen LogP contribution in [0, 0.1) is 0 Å². The number of amides is 2. The molecule has 7 heteroatoms. The highest BCUT2D eigenvalue weighted by molar-refractivity contribution is 7.99. The Bertz CT molecular complexity index is 502. The molecule has 20 heavy (non-hydrogen) atoms. The molecular formula is C13H16N2O3S2. The lowest BCUT2D eigenvalue weighted by Crippen LogP contribution is -2.49. The predicted molar refractivity (Wildman–Crippen MR) is 78.9 cm³/mol. The third kappa shape index (κ3) is 2.78. The number of carboxylic acid groups (broad SMARTS) is 1. The predicted octanol–water partition coefficient (Wildman–Crippen LogP) is 2.29. The van der Waals surface area contributed by atoms with Crippen LogP contribution >= 0.6 is 23.1 Å². The summed E-state index contributed by atoms with van der Waals surface area (Å²) in [5.74, 6) is 0.0532. The molecule has 1 aromatic rings. The van der Waals surface area contributed by atoms with Crippen LogP contribution in [0.3, 0.4) is 0 Å². The molecule has 2 heterocycles. The third-order valence-corrected chi connectivity index (χ3v) is 5.43. The van der Waals surface area contributed by atoms with Gasteiger partial charge in [0.1, 0.15) is 6.04 Å². The normalized spacial score (nSPS) is 22.0. The molecule has 1 atom stereocenters. The number of thiophene rings is 1. The number of carbonyl (C=O) groups excluding carboxylic acids is 1. The van der Waals surface area contributed by atoms with Crippen LogP contribution in [0.25, 0.3) is 0 Å². The van der Waals surface area contributed by atoms with E-state index in [0.717, 1.165) is 17.7 Å². The van der Waals surface area contributed by atoms with Gasteiger partial charge in [0.25, 0.3) is 0 Å². The number of carboxylic acids is 1. The molecule has 1 saturated carbocycles. The second-order valence-corrected chi connectivity index (χ2v) is 7.08. The van der Waals surface area contributed by atoms with Crippen LogP contribution < -0.4 is 0 Å². The maximum Gasteiger partial charge on any atom is 0.327 e. The first-order valence-corrected chi connectivity index (χ1v) is 8.60. The smallest absolute Gasteiger partial charge is 0.327 e. The Morgan fingerprint density at radius 3 is 2.85 bits per heavy atom. The molecule has 0 unspecified atom stereocenters. The fraction of sp³-hybridized carbons (Fsp3) is 0.538. The fourth-order valence-electron chi connectivity index (χ4n) is 2.31. The van der Waals surface area contributed by atoms with Gasteiger partial charge in [0, 0.05) is 16.7 Å². The summed E-state index contributed by atoms with van der Waals surface area (Å²) in [6.07, 6.45) is 2.05. The largest absolute Gasteiger partial charge is 0.480 e. The highest BCUT2D eigenvalue weighted by Gasteiger charge is 2.41. The van der Waals surface area contributed by atoms with Gasteiger partial charge in [0.05, 0.1) is 12.4 Å². The molecule has 0 aromatic carbocycles. The van der Waals surface area contributed by atoms with E-state index in [4.69, 9.17) is 0 Å². The van der Waals surface area contributed by atoms with Crippen molar-refractivity contribution in [2.24, 2.45) is 0 Å². The van der Waals surface area contributed by atoms with Crippen LogP contribution in [-0.4, -0.2) is 50.6 Å². The monoisotopic (exact) mass is 312 g/mol. The molecule has 0 bridgehead atoms. The maximum absolute atomic E-state index is 12.6. The number of thioether (sulfide) groups is 1. The van der Waals surface area contributed by atoms with Crippen LogP contribution in [0.2, 0.25) is 0 Å². The number of hydrogen-bond acceptors (Lipinski definition) is 4. The molecule has 5 nitrogen and oxygen atoms in total. The van der Waals surface area contributed by atoms with Gasteiger partial charge in [-0.2, -0.15) is 0 Å². The van der Waals surface area contributed by atoms with Gasteiger partial charge in [-0.25, -0.2) is 9.59 Å². The first kappa shape index (κ1) is 13.8. The van der Waals surface area contributed by atoms with Crippen LogP contribution in [-0.2, 0) is 11.3 Å². The lowest BCUT2D eigenvalue weighted by atomic mass is 10.3. The van der Waals surface area contributed by atoms with Crippen LogP contribution in [0.15, 0.2) is 17.5 Å². The van der Waals surface area contributed by atoms with Crippen LogP contribution in [0.5, 0.6) is 0 Å². The van der Waals surface area contributed by atoms with Crippen LogP contribution in [0.1, 0.15) is 17.7 Å². The van der Waals surface area contributed by atoms with Crippen molar-refractivity contribution in [3.05, 3.63) is 22.4 Å². The molecule has 108 valence electrons. The Labute approximate surface area is 125 Å². The molecule has 0 radical (unpaired) electrons. The highest BCUT2D eigenvalue weighted by atomic mass is 32.2. The number of rotatable bonds is 4. The molecule has 1 saturated heterocycles. The van der Waals surface area contributed by atoms with Gasteiger partial charge in [-0.1, -0.05) is 6.07 Å². The van der Waals surface area contributed by atoms with Gasteiger partial charge < -0.3 is 14.9 Å². The number of nitrogens with zero attached hydrogens (tertiary/aromatic N) is 2. The summed E-state index contributed by atoms with van der Waals surface area (Å²) < 4.78 is 0. The van der Waals surface area contributed by atoms with Gasteiger partial charge in [0.15, 0.2) is 0 Å². The zero-order chi connectivity index (χ0) is 14.1. The van der Waals surface area contributed by atoms with E-state index >= 15 is 0 Å². The molecule has 1 aromatic heterocycles. The summed E-state index contributed by atoms with van der Waals surface area (Å²) >= 11 is 3.13. The van der Waals surface area contributed by atoms with E-state index in [1.165, 1.54) is 16.7 Å². The average Bonchev–Trinajstić information content (AvgIpc) is 2.95. The summed E-state index contributed by atoms with van der Waals surface area (Å²) in [7, 11) is 0. The Morgan fingerprint density at radius 1 is 1.45 bits per heavy atom. The van der Waals surface area contributed by atoms with Gasteiger partial charge in [0.2, 0.25) is 0 Å². The Hall–Kier alpha value is -1.21. The molecule has 0 spiro atoms. The standard InChI is InChI=1S/C13H16N2O3S2/c16-12(17)11-7-19-8-15(11)13(18)14(9-3-4-9)6-10-2-1-5-20-10/h1-2,5,9,11H,3-4,6-8H2,(H,16,17)/t11-/m0/s1. The summed E-state index contributed by atoms with van der Waals surface area (Å²) in [6.45, 7) is 0.592. The maximum atomic E-state index is 12.6. The number of urea groups is 1. The van der Waals surface area contributed by atoms with E-state index in [-0.39, 0.29) is 12.1 Å². The minimum absolute atomic E-state index is 0.127. The van der Waals surface area contributed by atoms with E-state index in [0.29, 0.717) is 18.2 Å². The molecule has 1 aliphatic heterocycles. The number of aliphatic carboxylic acids is 1. The Balaban J connectivity index is 1.73. The minimum atomic E-state index is -0.907. The molecule has 1 N–H and O–H groups in total. The second kappa shape index (κ2) is 5.65. The van der Waals surface area contributed by atoms with Crippen molar-refractivity contribution in [2.45, 2.75) is 31.5 Å². The Morgan fingerprint density at radius 2 is 2.25 bits per heavy atom. The van der Waals surface area contributed by atoms with Crippen molar-refractivity contribution in [2.75, 3.05) is 11.6 Å². The lowest BCUT2D eigenvalue weighted by molar-refractivity contribution is -0.141. The van der Waals surface area contributed by atoms with Crippen molar-refractivity contribution in [3.8, 4) is 0 Å². The van der Waals surface area contributed by atoms with E-state index in [2.05, 4.69) is 0 Å². The summed E-state index contributed by atoms with van der Waals surface area (Å²) in [5.41, 5.74) is 0. The van der Waals surface area contributed by atoms with E-state index in [1.807, 2.05) is 22.4 Å². The van der Waals surface area contributed by atoms with Crippen molar-refractivity contribution in [1.29, 1.82) is 0 Å². The number of carbonyl (C=O) groups is 2. The van der Waals surface area contributed by atoms with E-state index in [9.17, 15) is 14.7 Å². The molecule has 2 aliphatic rings. The third-order valence-electron chi connectivity index (χ3n) is 3.55. The van der Waals surface area contributed by atoms with Crippen LogP contribution in [0.4, 0.5) is 4.79 Å². The molecule has 2 fully saturated rings. The average molecular weight is 312 g/mol. The topological polar surface area (TPSA) is 60.9 Å². The quantitative estimate of drug-likeness (QED) is 0.926. The molecule has 3 rings (SSSR count). The second-order valence-electron chi connectivity index (χ2n) is 5.04. The van der Waals surface area contributed by atoms with Crippen molar-refractivity contribution in [1.82, 2.24) is 9.80 Å². The van der Waals surface area contributed by atoms with E-state index < -0.39 is 12.0 Å². The minimum Gasteiger partial charge on any atom is -0.480 e. The zero-order valence-electron chi connectivity index (χ0n) is 10.9. The lowest BCUT2D eigenvalue weighted by Gasteiger charge is -2.29. The first-order chi connectivity index (χ1) is 9.66. The number of hydrogen-bond donors (Lipinski definition) is 1. The summed E-state index contributed by atoms with van der Waals surface area (Å²) in [5, 5.41) is 11.2. The van der Waals surface area contributed by atoms with Gasteiger partial charge in [-0.3, -0.25) is 0 Å². The SMILES string of the molecule is O=C(O)[C@@H]1CSCN1C(=O)N(Cc1cccs1)C1CC1. The first-order valence-electron chi connectivity index (χ1n) is 6.57. The van der Waals surface area contributed by atoms with Crippen molar-refractivity contribution >= 4 is 35.1 Å².